The second-order valence-electron chi connectivity index (χ2n) is 6.13. The summed E-state index contributed by atoms with van der Waals surface area (Å²) >= 11 is 0. The van der Waals surface area contributed by atoms with E-state index in [0.717, 1.165) is 13.0 Å². The van der Waals surface area contributed by atoms with Crippen molar-refractivity contribution in [3.05, 3.63) is 30.4 Å². The number of hydrogen-bond acceptors (Lipinski definition) is 4. The summed E-state index contributed by atoms with van der Waals surface area (Å²) in [6.07, 6.45) is 2.04. The number of fused-ring (bicyclic) bond motifs is 1. The van der Waals surface area contributed by atoms with Crippen molar-refractivity contribution in [2.24, 2.45) is 0 Å². The Hall–Kier alpha value is -2.59. The number of aromatic nitrogens is 5. The minimum absolute atomic E-state index is 0.0203. The molecule has 0 aromatic carbocycles. The number of carbonyl (C=O) groups is 1. The molecule has 11 heteroatoms. The van der Waals surface area contributed by atoms with Gasteiger partial charge in [-0.1, -0.05) is 0 Å². The molecule has 0 fully saturated rings. The van der Waals surface area contributed by atoms with E-state index in [1.54, 1.807) is 12.5 Å². The maximum Gasteiger partial charge on any atom is 0.398 e. The number of amides is 2. The van der Waals surface area contributed by atoms with Gasteiger partial charge >= 0.3 is 12.2 Å². The van der Waals surface area contributed by atoms with Gasteiger partial charge in [-0.2, -0.15) is 13.2 Å². The molecule has 26 heavy (non-hydrogen) atoms. The van der Waals surface area contributed by atoms with Crippen LogP contribution in [0.25, 0.3) is 0 Å². The molecule has 142 valence electrons. The highest BCUT2D eigenvalue weighted by atomic mass is 19.4. The van der Waals surface area contributed by atoms with Crippen molar-refractivity contribution < 1.29 is 18.0 Å². The molecule has 1 unspecified atom stereocenters. The molecule has 2 aromatic heterocycles. The molecule has 2 amide bonds. The van der Waals surface area contributed by atoms with Gasteiger partial charge in [-0.05, 0) is 19.3 Å². The van der Waals surface area contributed by atoms with E-state index in [1.807, 2.05) is 10.8 Å². The van der Waals surface area contributed by atoms with Crippen LogP contribution in [0.2, 0.25) is 0 Å². The highest BCUT2D eigenvalue weighted by molar-refractivity contribution is 5.73. The lowest BCUT2D eigenvalue weighted by Crippen LogP contribution is -2.37. The first-order valence-corrected chi connectivity index (χ1v) is 8.41. The summed E-state index contributed by atoms with van der Waals surface area (Å²) in [7, 11) is 0. The number of rotatable bonds is 6. The topological polar surface area (TPSA) is 89.7 Å². The van der Waals surface area contributed by atoms with Gasteiger partial charge < -0.3 is 19.8 Å². The van der Waals surface area contributed by atoms with Gasteiger partial charge in [0.15, 0.2) is 5.82 Å². The van der Waals surface area contributed by atoms with Crippen LogP contribution in [0.1, 0.15) is 36.8 Å². The summed E-state index contributed by atoms with van der Waals surface area (Å²) in [5.74, 6) is -1.32. The Labute approximate surface area is 147 Å². The first kappa shape index (κ1) is 18.2. The number of hydrogen-bond donors (Lipinski definition) is 2. The van der Waals surface area contributed by atoms with E-state index < -0.39 is 18.1 Å². The fraction of sp³-hybridized carbons (Fsp3) is 0.600. The maximum atomic E-state index is 13.1. The van der Waals surface area contributed by atoms with Crippen LogP contribution in [-0.2, 0) is 19.6 Å². The van der Waals surface area contributed by atoms with Crippen molar-refractivity contribution >= 4 is 6.03 Å². The number of nitrogens with zero attached hydrogens (tertiary/aromatic N) is 5. The average Bonchev–Trinajstić information content (AvgIpc) is 3.25. The lowest BCUT2D eigenvalue weighted by molar-refractivity contribution is -0.156. The SMILES string of the molecule is O=C(NCCCn1ccnc1)NCc1nnc2n1CCCC2C(F)(F)F. The Bertz CT molecular complexity index is 726. The van der Waals surface area contributed by atoms with Gasteiger partial charge in [0.25, 0.3) is 0 Å². The minimum atomic E-state index is -4.33. The number of imidazole rings is 1. The Morgan fingerprint density at radius 2 is 2.15 bits per heavy atom. The Morgan fingerprint density at radius 1 is 1.31 bits per heavy atom. The number of halogens is 3. The molecular weight excluding hydrogens is 351 g/mol. The van der Waals surface area contributed by atoms with Crippen LogP contribution in [0.5, 0.6) is 0 Å². The number of alkyl halides is 3. The molecule has 1 aliphatic heterocycles. The largest absolute Gasteiger partial charge is 0.398 e. The summed E-state index contributed by atoms with van der Waals surface area (Å²) in [6.45, 7) is 1.66. The number of urea groups is 1. The van der Waals surface area contributed by atoms with E-state index in [1.165, 1.54) is 4.57 Å². The summed E-state index contributed by atoms with van der Waals surface area (Å²) in [5.41, 5.74) is 0. The zero-order valence-corrected chi connectivity index (χ0v) is 14.0. The molecule has 0 saturated carbocycles. The van der Waals surface area contributed by atoms with E-state index in [4.69, 9.17) is 0 Å². The zero-order chi connectivity index (χ0) is 18.6. The molecule has 0 aliphatic carbocycles. The van der Waals surface area contributed by atoms with E-state index in [9.17, 15) is 18.0 Å². The molecule has 3 rings (SSSR count). The molecule has 0 spiro atoms. The van der Waals surface area contributed by atoms with Gasteiger partial charge in [0.1, 0.15) is 11.7 Å². The lowest BCUT2D eigenvalue weighted by atomic mass is 9.98. The van der Waals surface area contributed by atoms with Crippen molar-refractivity contribution in [2.75, 3.05) is 6.54 Å². The summed E-state index contributed by atoms with van der Waals surface area (Å²) in [4.78, 5) is 15.7. The van der Waals surface area contributed by atoms with Crippen LogP contribution in [-0.4, -0.2) is 43.1 Å². The quantitative estimate of drug-likeness (QED) is 0.758. The van der Waals surface area contributed by atoms with E-state index >= 15 is 0 Å². The standard InChI is InChI=1S/C15H20F3N7O/c16-15(17,18)11-3-1-7-25-12(22-23-13(11)25)9-21-14(26)20-4-2-6-24-8-5-19-10-24/h5,8,10-11H,1-4,6-7,9H2,(H2,20,21,26). The second-order valence-corrected chi connectivity index (χ2v) is 6.13. The van der Waals surface area contributed by atoms with Gasteiger partial charge in [-0.3, -0.25) is 0 Å². The van der Waals surface area contributed by atoms with Crippen LogP contribution in [0.3, 0.4) is 0 Å². The molecule has 0 bridgehead atoms. The Morgan fingerprint density at radius 3 is 2.88 bits per heavy atom. The van der Waals surface area contributed by atoms with E-state index in [0.29, 0.717) is 25.3 Å². The number of aryl methyl sites for hydroxylation is 1. The van der Waals surface area contributed by atoms with Crippen LogP contribution in [0.4, 0.5) is 18.0 Å². The average molecular weight is 371 g/mol. The fourth-order valence-corrected chi connectivity index (χ4v) is 2.98. The molecule has 1 aliphatic rings. The van der Waals surface area contributed by atoms with Gasteiger partial charge in [0.2, 0.25) is 0 Å². The molecule has 8 nitrogen and oxygen atoms in total. The summed E-state index contributed by atoms with van der Waals surface area (Å²) < 4.78 is 42.5. The summed E-state index contributed by atoms with van der Waals surface area (Å²) in [6, 6.07) is -0.392. The highest BCUT2D eigenvalue weighted by Gasteiger charge is 2.45. The van der Waals surface area contributed by atoms with Crippen molar-refractivity contribution in [3.8, 4) is 0 Å². The van der Waals surface area contributed by atoms with E-state index in [-0.39, 0.29) is 18.8 Å². The van der Waals surface area contributed by atoms with Crippen LogP contribution >= 0.6 is 0 Å². The normalized spacial score (nSPS) is 17.0. The molecular formula is C15H20F3N7O. The van der Waals surface area contributed by atoms with E-state index in [2.05, 4.69) is 25.8 Å². The van der Waals surface area contributed by atoms with Gasteiger partial charge in [0, 0.05) is 32.0 Å². The number of nitrogens with one attached hydrogen (secondary N) is 2. The van der Waals surface area contributed by atoms with Crippen molar-refractivity contribution in [3.63, 3.8) is 0 Å². The molecule has 2 aromatic rings. The maximum absolute atomic E-state index is 13.1. The first-order valence-electron chi connectivity index (χ1n) is 8.41. The third kappa shape index (κ3) is 4.33. The first-order chi connectivity index (χ1) is 12.4. The predicted octanol–water partition coefficient (Wildman–Crippen LogP) is 1.80. The van der Waals surface area contributed by atoms with Gasteiger partial charge in [-0.15, -0.1) is 10.2 Å². The molecule has 0 saturated heterocycles. The second kappa shape index (κ2) is 7.75. The van der Waals surface area contributed by atoms with Crippen molar-refractivity contribution in [1.82, 2.24) is 34.9 Å². The predicted molar refractivity (Wildman–Crippen MR) is 85.1 cm³/mol. The molecule has 1 atom stereocenters. The van der Waals surface area contributed by atoms with Crippen LogP contribution < -0.4 is 10.6 Å². The smallest absolute Gasteiger partial charge is 0.338 e. The third-order valence-electron chi connectivity index (χ3n) is 4.28. The number of carbonyl (C=O) groups excluding carboxylic acids is 1. The van der Waals surface area contributed by atoms with Crippen molar-refractivity contribution in [2.45, 2.75) is 51.0 Å². The molecule has 0 radical (unpaired) electrons. The van der Waals surface area contributed by atoms with Crippen LogP contribution in [0.15, 0.2) is 18.7 Å². The lowest BCUT2D eigenvalue weighted by Gasteiger charge is -2.25. The zero-order valence-electron chi connectivity index (χ0n) is 14.0. The Kier molecular flexibility index (Phi) is 5.43. The van der Waals surface area contributed by atoms with Crippen LogP contribution in [0, 0.1) is 0 Å². The van der Waals surface area contributed by atoms with Crippen molar-refractivity contribution in [1.29, 1.82) is 0 Å². The summed E-state index contributed by atoms with van der Waals surface area (Å²) in [5, 5.41) is 12.8. The third-order valence-corrected chi connectivity index (χ3v) is 4.28. The molecule has 2 N–H and O–H groups in total. The highest BCUT2D eigenvalue weighted by Crippen LogP contribution is 2.40. The molecule has 3 heterocycles. The van der Waals surface area contributed by atoms with Gasteiger partial charge in [0.05, 0.1) is 12.9 Å². The minimum Gasteiger partial charge on any atom is -0.338 e. The monoisotopic (exact) mass is 371 g/mol. The Balaban J connectivity index is 1.46. The fourth-order valence-electron chi connectivity index (χ4n) is 2.98. The van der Waals surface area contributed by atoms with Gasteiger partial charge in [-0.25, -0.2) is 9.78 Å².